The van der Waals surface area contributed by atoms with Gasteiger partial charge in [-0.3, -0.25) is 14.9 Å². The second-order valence-electron chi connectivity index (χ2n) is 5.08. The van der Waals surface area contributed by atoms with E-state index >= 15 is 0 Å². The van der Waals surface area contributed by atoms with Crippen LogP contribution in [0.1, 0.15) is 36.7 Å². The molecule has 2 heterocycles. The first kappa shape index (κ1) is 14.0. The van der Waals surface area contributed by atoms with Crippen LogP contribution in [0.5, 0.6) is 0 Å². The number of likely N-dealkylation sites (tertiary alicyclic amines) is 1. The number of nitrogen functional groups attached to an aromatic ring is 1. The van der Waals surface area contributed by atoms with Crippen molar-refractivity contribution in [2.75, 3.05) is 19.6 Å². The van der Waals surface area contributed by atoms with Crippen molar-refractivity contribution in [2.45, 2.75) is 32.7 Å². The van der Waals surface area contributed by atoms with Crippen molar-refractivity contribution in [1.29, 1.82) is 0 Å². The zero-order valence-corrected chi connectivity index (χ0v) is 11.4. The first-order valence-electron chi connectivity index (χ1n) is 6.86. The molecule has 1 amide bonds. The van der Waals surface area contributed by atoms with Gasteiger partial charge in [0.2, 0.25) is 0 Å². The van der Waals surface area contributed by atoms with E-state index in [2.05, 4.69) is 22.1 Å². The van der Waals surface area contributed by atoms with Crippen LogP contribution < -0.4 is 11.3 Å². The van der Waals surface area contributed by atoms with Crippen molar-refractivity contribution in [3.05, 3.63) is 11.9 Å². The van der Waals surface area contributed by atoms with E-state index in [0.717, 1.165) is 25.6 Å². The number of hydrazine groups is 1. The number of nitrogens with zero attached hydrogens (tertiary/aromatic N) is 4. The Balaban J connectivity index is 1.77. The molecular formula is C12H22N6O. The number of nitrogens with two attached hydrogens (primary N) is 1. The number of hydrogen-bond acceptors (Lipinski definition) is 5. The zero-order chi connectivity index (χ0) is 13.7. The van der Waals surface area contributed by atoms with Gasteiger partial charge >= 0.3 is 0 Å². The van der Waals surface area contributed by atoms with E-state index in [1.165, 1.54) is 25.8 Å². The van der Waals surface area contributed by atoms with Crippen LogP contribution in [0.25, 0.3) is 0 Å². The van der Waals surface area contributed by atoms with Crippen LogP contribution >= 0.6 is 0 Å². The Labute approximate surface area is 113 Å². The molecule has 0 aliphatic carbocycles. The topological polar surface area (TPSA) is 89.1 Å². The first-order chi connectivity index (χ1) is 9.22. The number of carbonyl (C=O) groups excluding carboxylic acids is 1. The van der Waals surface area contributed by atoms with Gasteiger partial charge in [0.1, 0.15) is 0 Å². The van der Waals surface area contributed by atoms with Crippen LogP contribution in [-0.4, -0.2) is 45.4 Å². The summed E-state index contributed by atoms with van der Waals surface area (Å²) in [6.45, 7) is 6.28. The molecule has 19 heavy (non-hydrogen) atoms. The van der Waals surface area contributed by atoms with E-state index in [-0.39, 0.29) is 5.69 Å². The van der Waals surface area contributed by atoms with Crippen LogP contribution in [0.15, 0.2) is 6.20 Å². The number of amides is 1. The molecule has 106 valence electrons. The molecule has 3 N–H and O–H groups in total. The molecule has 0 aromatic carbocycles. The fraction of sp³-hybridized carbons (Fsp3) is 0.750. The van der Waals surface area contributed by atoms with Gasteiger partial charge in [-0.05, 0) is 25.3 Å². The summed E-state index contributed by atoms with van der Waals surface area (Å²) in [4.78, 5) is 13.7. The van der Waals surface area contributed by atoms with Gasteiger partial charge in [0.15, 0.2) is 5.69 Å². The Morgan fingerprint density at radius 3 is 3.16 bits per heavy atom. The molecule has 7 nitrogen and oxygen atoms in total. The molecule has 0 spiro atoms. The maximum Gasteiger partial charge on any atom is 0.287 e. The predicted octanol–water partition coefficient (Wildman–Crippen LogP) is 0.00360. The van der Waals surface area contributed by atoms with Crippen LogP contribution in [0.3, 0.4) is 0 Å². The summed E-state index contributed by atoms with van der Waals surface area (Å²) in [5, 5.41) is 7.70. The average molecular weight is 266 g/mol. The Morgan fingerprint density at radius 2 is 2.42 bits per heavy atom. The summed E-state index contributed by atoms with van der Waals surface area (Å²) in [6.07, 6.45) is 5.51. The minimum Gasteiger partial charge on any atom is -0.301 e. The minimum absolute atomic E-state index is 0.257. The first-order valence-corrected chi connectivity index (χ1v) is 6.86. The van der Waals surface area contributed by atoms with E-state index in [1.807, 2.05) is 5.43 Å². The quantitative estimate of drug-likeness (QED) is 0.430. The summed E-state index contributed by atoms with van der Waals surface area (Å²) in [5.41, 5.74) is 2.30. The molecule has 1 saturated heterocycles. The predicted molar refractivity (Wildman–Crippen MR) is 71.1 cm³/mol. The third kappa shape index (κ3) is 3.74. The van der Waals surface area contributed by atoms with Gasteiger partial charge in [-0.25, -0.2) is 5.84 Å². The van der Waals surface area contributed by atoms with Gasteiger partial charge in [0.05, 0.1) is 12.7 Å². The molecule has 1 aliphatic heterocycles. The number of aromatic nitrogens is 3. The highest BCUT2D eigenvalue weighted by Crippen LogP contribution is 2.20. The van der Waals surface area contributed by atoms with Crippen molar-refractivity contribution in [3.8, 4) is 0 Å². The summed E-state index contributed by atoms with van der Waals surface area (Å²) in [6, 6.07) is 0. The van der Waals surface area contributed by atoms with Crippen LogP contribution in [-0.2, 0) is 6.54 Å². The third-order valence-corrected chi connectivity index (χ3v) is 3.61. The van der Waals surface area contributed by atoms with E-state index < -0.39 is 5.91 Å². The normalized spacial score (nSPS) is 19.8. The lowest BCUT2D eigenvalue weighted by Gasteiger charge is -2.15. The Bertz CT molecular complexity index is 418. The van der Waals surface area contributed by atoms with E-state index in [9.17, 15) is 4.79 Å². The molecule has 1 aliphatic rings. The summed E-state index contributed by atoms with van der Waals surface area (Å²) in [7, 11) is 0. The van der Waals surface area contributed by atoms with Gasteiger partial charge in [0, 0.05) is 13.1 Å². The van der Waals surface area contributed by atoms with Crippen molar-refractivity contribution < 1.29 is 4.79 Å². The lowest BCUT2D eigenvalue weighted by Crippen LogP contribution is -2.30. The largest absolute Gasteiger partial charge is 0.301 e. The highest BCUT2D eigenvalue weighted by molar-refractivity contribution is 5.91. The molecule has 0 saturated carbocycles. The molecule has 2 rings (SSSR count). The highest BCUT2D eigenvalue weighted by atomic mass is 16.2. The smallest absolute Gasteiger partial charge is 0.287 e. The van der Waals surface area contributed by atoms with Crippen molar-refractivity contribution in [1.82, 2.24) is 25.3 Å². The van der Waals surface area contributed by atoms with Gasteiger partial charge in [-0.1, -0.05) is 18.6 Å². The fourth-order valence-electron chi connectivity index (χ4n) is 2.59. The van der Waals surface area contributed by atoms with Crippen molar-refractivity contribution in [3.63, 3.8) is 0 Å². The fourth-order valence-corrected chi connectivity index (χ4v) is 2.59. The Hall–Kier alpha value is -1.47. The Morgan fingerprint density at radius 1 is 1.58 bits per heavy atom. The lowest BCUT2D eigenvalue weighted by atomic mass is 10.0. The zero-order valence-electron chi connectivity index (χ0n) is 11.4. The Kier molecular flexibility index (Phi) is 4.86. The van der Waals surface area contributed by atoms with E-state index in [1.54, 1.807) is 10.9 Å². The highest BCUT2D eigenvalue weighted by Gasteiger charge is 2.21. The second-order valence-corrected chi connectivity index (χ2v) is 5.08. The van der Waals surface area contributed by atoms with E-state index in [0.29, 0.717) is 0 Å². The van der Waals surface area contributed by atoms with Gasteiger partial charge in [-0.2, -0.15) is 0 Å². The molecule has 0 bridgehead atoms. The van der Waals surface area contributed by atoms with Crippen LogP contribution in [0.4, 0.5) is 0 Å². The lowest BCUT2D eigenvalue weighted by molar-refractivity contribution is 0.0948. The molecule has 1 aromatic rings. The van der Waals surface area contributed by atoms with Crippen LogP contribution in [0, 0.1) is 5.92 Å². The minimum atomic E-state index is -0.407. The molecule has 1 aromatic heterocycles. The molecule has 7 heteroatoms. The number of nitrogens with one attached hydrogen (secondary N) is 1. The van der Waals surface area contributed by atoms with Crippen molar-refractivity contribution >= 4 is 5.91 Å². The van der Waals surface area contributed by atoms with Gasteiger partial charge < -0.3 is 4.90 Å². The molecular weight excluding hydrogens is 244 g/mol. The second kappa shape index (κ2) is 6.63. The number of rotatable bonds is 6. The molecule has 0 radical (unpaired) electrons. The SMILES string of the molecule is CCCC1CCN(CCn2cc(C(=O)NN)nn2)C1. The number of carbonyl (C=O) groups is 1. The summed E-state index contributed by atoms with van der Waals surface area (Å²) < 4.78 is 1.69. The van der Waals surface area contributed by atoms with E-state index in [4.69, 9.17) is 5.84 Å². The third-order valence-electron chi connectivity index (χ3n) is 3.61. The maximum absolute atomic E-state index is 11.2. The van der Waals surface area contributed by atoms with Crippen molar-refractivity contribution in [2.24, 2.45) is 11.8 Å². The van der Waals surface area contributed by atoms with Gasteiger partial charge in [-0.15, -0.1) is 5.10 Å². The average Bonchev–Trinajstić information content (AvgIpc) is 3.05. The molecule has 1 atom stereocenters. The number of hydrogen-bond donors (Lipinski definition) is 2. The van der Waals surface area contributed by atoms with Crippen LogP contribution in [0.2, 0.25) is 0 Å². The molecule has 1 unspecified atom stereocenters. The monoisotopic (exact) mass is 266 g/mol. The molecule has 1 fully saturated rings. The summed E-state index contributed by atoms with van der Waals surface area (Å²) >= 11 is 0. The summed E-state index contributed by atoms with van der Waals surface area (Å²) in [5.74, 6) is 5.49. The standard InChI is InChI=1S/C12H22N6O/c1-2-3-10-4-5-17(8-10)6-7-18-9-11(15-16-18)12(19)14-13/h9-10H,2-8,13H2,1H3,(H,14,19). The van der Waals surface area contributed by atoms with Gasteiger partial charge in [0.25, 0.3) is 5.91 Å². The maximum atomic E-state index is 11.2.